The molecule has 16 nitrogen and oxygen atoms in total. The second-order valence-electron chi connectivity index (χ2n) is 20.7. The Hall–Kier alpha value is -1.09. The van der Waals surface area contributed by atoms with E-state index in [0.717, 1.165) is 44.9 Å². The third-order valence-corrected chi connectivity index (χ3v) is 14.5. The highest BCUT2D eigenvalue weighted by atomic mass is 16.7. The van der Waals surface area contributed by atoms with Crippen molar-refractivity contribution >= 4 is 5.91 Å². The molecule has 0 aromatic rings. The molecule has 11 N–H and O–H groups in total. The molecule has 2 rings (SSSR count). The Kier molecular flexibility index (Phi) is 38.3. The number of unbranched alkanes of at least 4 members (excludes halogenated alkanes) is 30. The molecule has 0 radical (unpaired) electrons. The normalized spacial score (nSPS) is 26.0. The zero-order chi connectivity index (χ0) is 51.4. The lowest BCUT2D eigenvalue weighted by Gasteiger charge is -2.43. The summed E-state index contributed by atoms with van der Waals surface area (Å²) in [6, 6.07) is -1.28. The zero-order valence-electron chi connectivity index (χ0n) is 43.8. The first-order valence-corrected chi connectivity index (χ1v) is 28.5. The molecule has 1 amide bonds. The summed E-state index contributed by atoms with van der Waals surface area (Å²) in [5, 5.41) is 109. The van der Waals surface area contributed by atoms with Crippen LogP contribution in [0.15, 0.2) is 0 Å². The third kappa shape index (κ3) is 26.9. The third-order valence-electron chi connectivity index (χ3n) is 14.5. The van der Waals surface area contributed by atoms with Gasteiger partial charge in [-0.2, -0.15) is 0 Å². The molecule has 0 aromatic carbocycles. The average Bonchev–Trinajstić information content (AvgIpc) is 3.64. The molecule has 2 aliphatic heterocycles. The number of aliphatic hydroxyl groups is 10. The highest BCUT2D eigenvalue weighted by Crippen LogP contribution is 2.31. The van der Waals surface area contributed by atoms with Crippen molar-refractivity contribution in [3.63, 3.8) is 0 Å². The summed E-state index contributed by atoms with van der Waals surface area (Å²) in [4.78, 5) is 13.4. The van der Waals surface area contributed by atoms with Gasteiger partial charge in [-0.05, 0) is 12.8 Å². The van der Waals surface area contributed by atoms with Crippen LogP contribution in [0.2, 0.25) is 0 Å². The molecule has 0 spiro atoms. The van der Waals surface area contributed by atoms with Crippen molar-refractivity contribution in [2.75, 3.05) is 19.8 Å². The summed E-state index contributed by atoms with van der Waals surface area (Å²) in [5.41, 5.74) is 0. The molecule has 2 saturated heterocycles. The monoisotopic (exact) mass is 1010 g/mol. The van der Waals surface area contributed by atoms with Crippen LogP contribution in [0.4, 0.5) is 0 Å². The van der Waals surface area contributed by atoms with E-state index in [1.165, 1.54) is 148 Å². The van der Waals surface area contributed by atoms with E-state index in [1.54, 1.807) is 0 Å². The summed E-state index contributed by atoms with van der Waals surface area (Å²) >= 11 is 0. The van der Waals surface area contributed by atoms with Gasteiger partial charge in [-0.3, -0.25) is 4.79 Å². The molecule has 416 valence electrons. The Morgan fingerprint density at radius 1 is 0.514 bits per heavy atom. The van der Waals surface area contributed by atoms with E-state index < -0.39 is 111 Å². The van der Waals surface area contributed by atoms with Crippen molar-refractivity contribution in [2.45, 2.75) is 318 Å². The van der Waals surface area contributed by atoms with Crippen LogP contribution in [0.25, 0.3) is 0 Å². The molecule has 70 heavy (non-hydrogen) atoms. The van der Waals surface area contributed by atoms with Crippen molar-refractivity contribution < 1.29 is 74.8 Å². The van der Waals surface area contributed by atoms with Crippen molar-refractivity contribution in [2.24, 2.45) is 0 Å². The summed E-state index contributed by atoms with van der Waals surface area (Å²) in [6.07, 6.45) is 18.4. The van der Waals surface area contributed by atoms with Crippen LogP contribution in [0.1, 0.15) is 232 Å². The van der Waals surface area contributed by atoms with E-state index in [9.17, 15) is 55.9 Å². The first kappa shape index (κ1) is 65.0. The van der Waals surface area contributed by atoms with Crippen molar-refractivity contribution in [3.05, 3.63) is 0 Å². The fraction of sp³-hybridized carbons (Fsp3) is 0.981. The van der Waals surface area contributed by atoms with Crippen molar-refractivity contribution in [1.29, 1.82) is 0 Å². The number of amides is 1. The average molecular weight is 1010 g/mol. The predicted octanol–water partition coefficient (Wildman–Crippen LogP) is 6.50. The van der Waals surface area contributed by atoms with E-state index in [4.69, 9.17) is 18.9 Å². The van der Waals surface area contributed by atoms with Gasteiger partial charge in [0, 0.05) is 0 Å². The molecule has 2 aliphatic rings. The molecule has 0 aliphatic carbocycles. The standard InChI is InChI=1S/C54H105NO15/c1-3-5-7-9-11-13-15-17-18-19-20-21-22-23-24-26-28-30-32-34-36-42(59)52(66)55-40(45(61)41(58)35-33-31-29-27-25-16-14-12-10-8-6-4-2)39-67-53-49(65)51(46(62)44(38-57)68-53)70-54-48(64)47(63)50(69-54)43(60)37-56/h40-51,53-54,56-65H,3-39H2,1-2H3,(H,55,66)/t40-,41+,42+,43+,44+,45-,46-,47+,48+,49+,50-,51-,53-,54-/m0/s1. The van der Waals surface area contributed by atoms with Gasteiger partial charge in [0.05, 0.1) is 32.0 Å². The second-order valence-corrected chi connectivity index (χ2v) is 20.7. The van der Waals surface area contributed by atoms with Crippen molar-refractivity contribution in [3.8, 4) is 0 Å². The minimum Gasteiger partial charge on any atom is -0.394 e. The van der Waals surface area contributed by atoms with Crippen LogP contribution in [-0.2, 0) is 23.7 Å². The minimum absolute atomic E-state index is 0.204. The number of carbonyl (C=O) groups is 1. The molecule has 14 atom stereocenters. The van der Waals surface area contributed by atoms with E-state index in [1.807, 2.05) is 0 Å². The predicted molar refractivity (Wildman–Crippen MR) is 271 cm³/mol. The van der Waals surface area contributed by atoms with Gasteiger partial charge in [0.2, 0.25) is 5.91 Å². The summed E-state index contributed by atoms with van der Waals surface area (Å²) in [5.74, 6) is -0.761. The Morgan fingerprint density at radius 3 is 1.34 bits per heavy atom. The number of nitrogens with one attached hydrogen (secondary N) is 1. The number of rotatable bonds is 46. The van der Waals surface area contributed by atoms with Gasteiger partial charge in [-0.25, -0.2) is 0 Å². The maximum atomic E-state index is 13.4. The lowest BCUT2D eigenvalue weighted by Crippen LogP contribution is -2.62. The fourth-order valence-corrected chi connectivity index (χ4v) is 9.77. The Bertz CT molecular complexity index is 1220. The van der Waals surface area contributed by atoms with Gasteiger partial charge in [-0.1, -0.05) is 219 Å². The van der Waals surface area contributed by atoms with Crippen LogP contribution in [0, 0.1) is 0 Å². The Labute approximate surface area is 422 Å². The number of hydrogen-bond donors (Lipinski definition) is 11. The molecule has 0 unspecified atom stereocenters. The summed E-state index contributed by atoms with van der Waals surface area (Å²) in [6.45, 7) is 2.39. The van der Waals surface area contributed by atoms with Gasteiger partial charge in [-0.15, -0.1) is 0 Å². The van der Waals surface area contributed by atoms with Crippen LogP contribution in [0.5, 0.6) is 0 Å². The molecule has 0 saturated carbocycles. The lowest BCUT2D eigenvalue weighted by molar-refractivity contribution is -0.332. The zero-order valence-corrected chi connectivity index (χ0v) is 43.8. The number of hydrogen-bond acceptors (Lipinski definition) is 15. The molecule has 16 heteroatoms. The molecule has 0 bridgehead atoms. The van der Waals surface area contributed by atoms with Gasteiger partial charge in [0.1, 0.15) is 61.0 Å². The Balaban J connectivity index is 1.85. The van der Waals surface area contributed by atoms with E-state index in [0.29, 0.717) is 12.8 Å². The highest BCUT2D eigenvalue weighted by Gasteiger charge is 2.52. The molecular formula is C54H105NO15. The summed E-state index contributed by atoms with van der Waals surface area (Å²) in [7, 11) is 0. The van der Waals surface area contributed by atoms with Crippen LogP contribution < -0.4 is 5.32 Å². The molecular weight excluding hydrogens is 903 g/mol. The SMILES string of the molecule is CCCCCCCCCCCCCCCCCCCCCC[C@@H](O)C(=O)N[C@@H](CO[C@H]1O[C@H](CO)[C@H](O)[C@H](O[C@@H]2O[C@@H]([C@H](O)CO)[C@H](O)[C@H]2O)[C@H]1O)[C@H](O)[C@H](O)CCCCCCCCCCCCCC. The second kappa shape index (κ2) is 41.2. The summed E-state index contributed by atoms with van der Waals surface area (Å²) < 4.78 is 22.6. The van der Waals surface area contributed by atoms with Gasteiger partial charge >= 0.3 is 0 Å². The number of ether oxygens (including phenoxy) is 4. The maximum absolute atomic E-state index is 13.4. The maximum Gasteiger partial charge on any atom is 0.249 e. The number of aliphatic hydroxyl groups excluding tert-OH is 10. The smallest absolute Gasteiger partial charge is 0.249 e. The molecule has 2 heterocycles. The van der Waals surface area contributed by atoms with Crippen LogP contribution in [0.3, 0.4) is 0 Å². The van der Waals surface area contributed by atoms with Gasteiger partial charge < -0.3 is 75.3 Å². The molecule has 2 fully saturated rings. The van der Waals surface area contributed by atoms with E-state index >= 15 is 0 Å². The highest BCUT2D eigenvalue weighted by molar-refractivity contribution is 5.80. The Morgan fingerprint density at radius 2 is 0.929 bits per heavy atom. The van der Waals surface area contributed by atoms with Gasteiger partial charge in [0.25, 0.3) is 0 Å². The largest absolute Gasteiger partial charge is 0.394 e. The quantitative estimate of drug-likeness (QED) is 0.0291. The lowest BCUT2D eigenvalue weighted by atomic mass is 9.98. The van der Waals surface area contributed by atoms with E-state index in [2.05, 4.69) is 19.2 Å². The topological polar surface area (TPSA) is 268 Å². The van der Waals surface area contributed by atoms with Crippen LogP contribution in [-0.4, -0.2) is 163 Å². The fourth-order valence-electron chi connectivity index (χ4n) is 9.77. The van der Waals surface area contributed by atoms with Gasteiger partial charge in [0.15, 0.2) is 12.6 Å². The van der Waals surface area contributed by atoms with Crippen molar-refractivity contribution in [1.82, 2.24) is 5.32 Å². The minimum atomic E-state index is -1.82. The first-order chi connectivity index (χ1) is 33.9. The molecule has 0 aromatic heterocycles. The first-order valence-electron chi connectivity index (χ1n) is 28.5. The van der Waals surface area contributed by atoms with E-state index in [-0.39, 0.29) is 12.8 Å². The van der Waals surface area contributed by atoms with Crippen LogP contribution >= 0.6 is 0 Å². The number of carbonyl (C=O) groups excluding carboxylic acids is 1.